The first-order chi connectivity index (χ1) is 23.4. The molecule has 242 valence electrons. The van der Waals surface area contributed by atoms with Crippen LogP contribution in [0.3, 0.4) is 0 Å². The molecule has 0 N–H and O–H groups in total. The van der Waals surface area contributed by atoms with Gasteiger partial charge in [-0.25, -0.2) is 0 Å². The molecule has 5 aromatic carbocycles. The summed E-state index contributed by atoms with van der Waals surface area (Å²) in [7, 11) is 0. The summed E-state index contributed by atoms with van der Waals surface area (Å²) in [6.45, 7) is 3.75. The van der Waals surface area contributed by atoms with E-state index in [-0.39, 0.29) is 27.9 Å². The van der Waals surface area contributed by atoms with Gasteiger partial charge in [-0.3, -0.25) is 19.2 Å². The van der Waals surface area contributed by atoms with Crippen molar-refractivity contribution in [3.8, 4) is 0 Å². The van der Waals surface area contributed by atoms with Crippen LogP contribution in [-0.2, 0) is 6.18 Å². The number of halogens is 3. The van der Waals surface area contributed by atoms with E-state index in [1.165, 1.54) is 17.0 Å². The summed E-state index contributed by atoms with van der Waals surface area (Å²) < 4.78 is 41.6. The van der Waals surface area contributed by atoms with Gasteiger partial charge >= 0.3 is 6.18 Å². The smallest absolute Gasteiger partial charge is 0.343 e. The number of nitrogens with zero attached hydrogens (tertiary/aromatic N) is 1. The van der Waals surface area contributed by atoms with Crippen LogP contribution in [0, 0.1) is 19.3 Å². The van der Waals surface area contributed by atoms with Crippen molar-refractivity contribution in [3.63, 3.8) is 0 Å². The van der Waals surface area contributed by atoms with Crippen molar-refractivity contribution in [2.75, 3.05) is 4.90 Å². The zero-order chi connectivity index (χ0) is 34.5. The van der Waals surface area contributed by atoms with Gasteiger partial charge in [0.05, 0.1) is 11.6 Å². The first-order valence-electron chi connectivity index (χ1n) is 15.9. The average Bonchev–Trinajstić information content (AvgIpc) is 3.60. The highest BCUT2D eigenvalue weighted by Gasteiger charge is 2.81. The second-order valence-corrected chi connectivity index (χ2v) is 13.1. The van der Waals surface area contributed by atoms with Gasteiger partial charge in [-0.1, -0.05) is 108 Å². The van der Waals surface area contributed by atoms with Crippen LogP contribution in [0.25, 0.3) is 0 Å². The van der Waals surface area contributed by atoms with Gasteiger partial charge < -0.3 is 4.90 Å². The molecule has 2 spiro atoms. The highest BCUT2D eigenvalue weighted by Crippen LogP contribution is 2.69. The molecule has 0 aromatic heterocycles. The molecule has 0 radical (unpaired) electrons. The van der Waals surface area contributed by atoms with Gasteiger partial charge in [-0.15, -0.1) is 0 Å². The predicted molar refractivity (Wildman–Crippen MR) is 177 cm³/mol. The fourth-order valence-electron chi connectivity index (χ4n) is 8.43. The number of aryl methyl sites for hydroxylation is 2. The predicted octanol–water partition coefficient (Wildman–Crippen LogP) is 8.55. The molecule has 0 amide bonds. The maximum atomic E-state index is 15.3. The minimum Gasteiger partial charge on any atom is -0.343 e. The molecule has 0 unspecified atom stereocenters. The van der Waals surface area contributed by atoms with Gasteiger partial charge in [0.1, 0.15) is 5.41 Å². The van der Waals surface area contributed by atoms with Crippen LogP contribution in [0.15, 0.2) is 121 Å². The molecule has 3 aliphatic rings. The number of hydrogen-bond donors (Lipinski definition) is 0. The maximum Gasteiger partial charge on any atom is 0.416 e. The van der Waals surface area contributed by atoms with Crippen LogP contribution < -0.4 is 4.90 Å². The Morgan fingerprint density at radius 2 is 0.939 bits per heavy atom. The van der Waals surface area contributed by atoms with Crippen LogP contribution >= 0.6 is 0 Å². The van der Waals surface area contributed by atoms with Gasteiger partial charge in [0.15, 0.2) is 28.7 Å². The summed E-state index contributed by atoms with van der Waals surface area (Å²) in [5.74, 6) is -3.70. The zero-order valence-corrected chi connectivity index (χ0v) is 26.4. The third-order valence-electron chi connectivity index (χ3n) is 10.5. The number of Topliss-reactive ketones (excluding diaryl/α,β-unsaturated/α-hetero) is 4. The van der Waals surface area contributed by atoms with Crippen molar-refractivity contribution >= 4 is 28.8 Å². The second-order valence-electron chi connectivity index (χ2n) is 13.1. The molecule has 0 bridgehead atoms. The molecule has 49 heavy (non-hydrogen) atoms. The Kier molecular flexibility index (Phi) is 6.53. The van der Waals surface area contributed by atoms with Gasteiger partial charge in [-0.05, 0) is 49.2 Å². The molecule has 2 atom stereocenters. The Morgan fingerprint density at radius 3 is 1.37 bits per heavy atom. The number of carbonyl (C=O) groups is 4. The van der Waals surface area contributed by atoms with Crippen molar-refractivity contribution in [1.82, 2.24) is 0 Å². The molecular weight excluding hydrogens is 627 g/mol. The van der Waals surface area contributed by atoms with Crippen LogP contribution in [0.2, 0.25) is 0 Å². The molecule has 8 rings (SSSR count). The molecule has 1 aliphatic heterocycles. The van der Waals surface area contributed by atoms with Gasteiger partial charge in [0, 0.05) is 33.9 Å². The minimum atomic E-state index is -4.66. The van der Waals surface area contributed by atoms with E-state index in [1.807, 2.05) is 26.0 Å². The quantitative estimate of drug-likeness (QED) is 0.182. The molecule has 1 fully saturated rings. The normalized spacial score (nSPS) is 20.4. The fourth-order valence-corrected chi connectivity index (χ4v) is 8.43. The number of rotatable bonds is 3. The SMILES string of the molecule is Cc1ccc([C@@H]2N(c3ccc(C(F)(F)F)cc3)C3(C(=O)c4ccccc4C3=O)[C@@H](c3ccc(C)cc3)C23C(=O)c2ccccc2C3=O)cc1. The van der Waals surface area contributed by atoms with Crippen LogP contribution in [-0.4, -0.2) is 28.7 Å². The minimum absolute atomic E-state index is 0.0959. The first kappa shape index (κ1) is 30.7. The Hall–Kier alpha value is -5.63. The van der Waals surface area contributed by atoms with E-state index in [1.54, 1.807) is 84.9 Å². The number of anilines is 1. The number of fused-ring (bicyclic) bond motifs is 2. The highest BCUT2D eigenvalue weighted by molar-refractivity contribution is 6.39. The summed E-state index contributed by atoms with van der Waals surface area (Å²) in [5.41, 5.74) is -1.89. The number of alkyl halides is 3. The first-order valence-corrected chi connectivity index (χ1v) is 15.9. The Balaban J connectivity index is 1.55. The Morgan fingerprint density at radius 1 is 0.531 bits per heavy atom. The summed E-state index contributed by atoms with van der Waals surface area (Å²) in [4.78, 5) is 62.7. The number of carbonyl (C=O) groups excluding carboxylic acids is 4. The fraction of sp³-hybridized carbons (Fsp3) is 0.171. The van der Waals surface area contributed by atoms with Gasteiger partial charge in [0.25, 0.3) is 0 Å². The molecule has 0 saturated carbocycles. The van der Waals surface area contributed by atoms with E-state index < -0.39 is 57.8 Å². The summed E-state index contributed by atoms with van der Waals surface area (Å²) in [6.07, 6.45) is -4.66. The van der Waals surface area contributed by atoms with Crippen molar-refractivity contribution in [2.24, 2.45) is 5.41 Å². The van der Waals surface area contributed by atoms with Crippen LogP contribution in [0.1, 0.15) is 81.2 Å². The molecular formula is C41H28F3NO4. The second kappa shape index (κ2) is 10.4. The average molecular weight is 656 g/mol. The zero-order valence-electron chi connectivity index (χ0n) is 26.4. The van der Waals surface area contributed by atoms with E-state index in [4.69, 9.17) is 0 Å². The van der Waals surface area contributed by atoms with E-state index in [9.17, 15) is 13.2 Å². The third-order valence-corrected chi connectivity index (χ3v) is 10.5. The lowest BCUT2D eigenvalue weighted by molar-refractivity contribution is -0.137. The number of ketones is 4. The third kappa shape index (κ3) is 3.94. The molecule has 8 heteroatoms. The van der Waals surface area contributed by atoms with Crippen molar-refractivity contribution < 1.29 is 32.3 Å². The van der Waals surface area contributed by atoms with Gasteiger partial charge in [-0.2, -0.15) is 13.2 Å². The topological polar surface area (TPSA) is 71.5 Å². The lowest BCUT2D eigenvalue weighted by Gasteiger charge is -2.40. The van der Waals surface area contributed by atoms with Gasteiger partial charge in [0.2, 0.25) is 0 Å². The van der Waals surface area contributed by atoms with E-state index in [0.29, 0.717) is 11.1 Å². The largest absolute Gasteiger partial charge is 0.416 e. The lowest BCUT2D eigenvalue weighted by atomic mass is 9.59. The molecule has 5 aromatic rings. The molecule has 1 saturated heterocycles. The van der Waals surface area contributed by atoms with Crippen molar-refractivity contribution in [2.45, 2.75) is 37.5 Å². The molecule has 1 heterocycles. The molecule has 5 nitrogen and oxygen atoms in total. The lowest BCUT2D eigenvalue weighted by Crippen LogP contribution is -2.57. The number of benzene rings is 5. The van der Waals surface area contributed by atoms with Crippen LogP contribution in [0.4, 0.5) is 18.9 Å². The standard InChI is InChI=1S/C41H28F3NO4/c1-23-11-15-25(16-12-23)33-39(35(46)29-7-3-4-8-30(29)36(39)47)34(26-17-13-24(2)14-18-26)45(28-21-19-27(20-22-28)41(42,43)44)40(33)37(48)31-9-5-6-10-32(31)38(40)49/h3-22,33-34H,1-2H3/t33-,34-/m0/s1. The number of hydrogen-bond acceptors (Lipinski definition) is 5. The van der Waals surface area contributed by atoms with Crippen LogP contribution in [0.5, 0.6) is 0 Å². The Bertz CT molecular complexity index is 2150. The maximum absolute atomic E-state index is 15.3. The summed E-state index contributed by atoms with van der Waals surface area (Å²) in [5, 5.41) is 0. The Labute approximate surface area is 280 Å². The molecule has 2 aliphatic carbocycles. The van der Waals surface area contributed by atoms with E-state index in [0.717, 1.165) is 23.3 Å². The highest BCUT2D eigenvalue weighted by atomic mass is 19.4. The van der Waals surface area contributed by atoms with E-state index in [2.05, 4.69) is 0 Å². The monoisotopic (exact) mass is 655 g/mol. The van der Waals surface area contributed by atoms with Crippen molar-refractivity contribution in [1.29, 1.82) is 0 Å². The summed E-state index contributed by atoms with van der Waals surface area (Å²) in [6, 6.07) is 30.0. The van der Waals surface area contributed by atoms with E-state index >= 15 is 19.2 Å². The van der Waals surface area contributed by atoms with Crippen molar-refractivity contribution in [3.05, 3.63) is 171 Å². The summed E-state index contributed by atoms with van der Waals surface area (Å²) >= 11 is 0.